The Morgan fingerprint density at radius 3 is 2.60 bits per heavy atom. The summed E-state index contributed by atoms with van der Waals surface area (Å²) in [5.41, 5.74) is 0. The molecule has 10 heavy (non-hydrogen) atoms. The minimum Gasteiger partial charge on any atom is -0.396 e. The van der Waals surface area contributed by atoms with Gasteiger partial charge >= 0.3 is 0 Å². The molecule has 1 fully saturated rings. The van der Waals surface area contributed by atoms with Gasteiger partial charge < -0.3 is 9.84 Å². The molecule has 0 radical (unpaired) electrons. The molecule has 0 saturated carbocycles. The molecule has 1 aliphatic heterocycles. The van der Waals surface area contributed by atoms with E-state index in [4.69, 9.17) is 9.84 Å². The molecule has 2 nitrogen and oxygen atoms in total. The second-order valence-electron chi connectivity index (χ2n) is 3.11. The van der Waals surface area contributed by atoms with Gasteiger partial charge in [-0.25, -0.2) is 0 Å². The van der Waals surface area contributed by atoms with Crippen LogP contribution in [0, 0.1) is 11.8 Å². The van der Waals surface area contributed by atoms with E-state index in [9.17, 15) is 0 Å². The molecule has 1 aliphatic rings. The molecule has 1 N–H and O–H groups in total. The van der Waals surface area contributed by atoms with E-state index in [0.29, 0.717) is 18.4 Å². The van der Waals surface area contributed by atoms with Gasteiger partial charge in [-0.05, 0) is 24.7 Å². The van der Waals surface area contributed by atoms with E-state index >= 15 is 0 Å². The Hall–Kier alpha value is -0.0800. The highest BCUT2D eigenvalue weighted by Crippen LogP contribution is 2.22. The SMILES string of the molecule is C[C@@H](CO)C1CCOCC1. The Labute approximate surface area is 62.2 Å². The summed E-state index contributed by atoms with van der Waals surface area (Å²) < 4.78 is 5.21. The fraction of sp³-hybridized carbons (Fsp3) is 1.00. The highest BCUT2D eigenvalue weighted by molar-refractivity contribution is 4.68. The van der Waals surface area contributed by atoms with Crippen molar-refractivity contribution in [3.63, 3.8) is 0 Å². The quantitative estimate of drug-likeness (QED) is 0.627. The van der Waals surface area contributed by atoms with Gasteiger partial charge in [0.2, 0.25) is 0 Å². The van der Waals surface area contributed by atoms with E-state index in [-0.39, 0.29) is 0 Å². The van der Waals surface area contributed by atoms with Crippen molar-refractivity contribution in [2.75, 3.05) is 19.8 Å². The molecule has 1 saturated heterocycles. The van der Waals surface area contributed by atoms with Gasteiger partial charge in [-0.1, -0.05) is 6.92 Å². The molecule has 0 bridgehead atoms. The molecule has 2 heteroatoms. The number of hydrogen-bond acceptors (Lipinski definition) is 2. The monoisotopic (exact) mass is 144 g/mol. The Morgan fingerprint density at radius 2 is 2.10 bits per heavy atom. The first-order chi connectivity index (χ1) is 4.84. The maximum Gasteiger partial charge on any atom is 0.0468 e. The summed E-state index contributed by atoms with van der Waals surface area (Å²) in [6, 6.07) is 0. The van der Waals surface area contributed by atoms with Crippen molar-refractivity contribution in [2.45, 2.75) is 19.8 Å². The van der Waals surface area contributed by atoms with Crippen LogP contribution in [0.4, 0.5) is 0 Å². The molecular formula is C8H16O2. The second-order valence-corrected chi connectivity index (χ2v) is 3.11. The molecule has 0 aromatic rings. The zero-order chi connectivity index (χ0) is 7.40. The van der Waals surface area contributed by atoms with Crippen molar-refractivity contribution >= 4 is 0 Å². The summed E-state index contributed by atoms with van der Waals surface area (Å²) in [6.07, 6.45) is 2.25. The zero-order valence-corrected chi connectivity index (χ0v) is 6.55. The molecule has 0 aromatic heterocycles. The summed E-state index contributed by atoms with van der Waals surface area (Å²) >= 11 is 0. The van der Waals surface area contributed by atoms with E-state index in [1.54, 1.807) is 0 Å². The Morgan fingerprint density at radius 1 is 1.50 bits per heavy atom. The van der Waals surface area contributed by atoms with Gasteiger partial charge in [-0.3, -0.25) is 0 Å². The lowest BCUT2D eigenvalue weighted by molar-refractivity contribution is 0.0377. The zero-order valence-electron chi connectivity index (χ0n) is 6.55. The molecule has 1 atom stereocenters. The van der Waals surface area contributed by atoms with E-state index in [1.807, 2.05) is 0 Å². The average molecular weight is 144 g/mol. The van der Waals surface area contributed by atoms with Crippen LogP contribution in [-0.2, 0) is 4.74 Å². The third-order valence-electron chi connectivity index (χ3n) is 2.36. The highest BCUT2D eigenvalue weighted by Gasteiger charge is 2.19. The van der Waals surface area contributed by atoms with E-state index in [1.165, 1.54) is 0 Å². The Bertz CT molecular complexity index is 87.3. The van der Waals surface area contributed by atoms with Crippen molar-refractivity contribution in [2.24, 2.45) is 11.8 Å². The number of aliphatic hydroxyl groups excluding tert-OH is 1. The van der Waals surface area contributed by atoms with Crippen LogP contribution in [-0.4, -0.2) is 24.9 Å². The van der Waals surface area contributed by atoms with Gasteiger partial charge in [-0.15, -0.1) is 0 Å². The lowest BCUT2D eigenvalue weighted by Crippen LogP contribution is -2.23. The summed E-state index contributed by atoms with van der Waals surface area (Å²) in [7, 11) is 0. The smallest absolute Gasteiger partial charge is 0.0468 e. The van der Waals surface area contributed by atoms with Crippen molar-refractivity contribution in [3.05, 3.63) is 0 Å². The van der Waals surface area contributed by atoms with Gasteiger partial charge in [0.05, 0.1) is 0 Å². The van der Waals surface area contributed by atoms with E-state index < -0.39 is 0 Å². The lowest BCUT2D eigenvalue weighted by Gasteiger charge is -2.26. The number of ether oxygens (including phenoxy) is 1. The molecule has 0 spiro atoms. The molecular weight excluding hydrogens is 128 g/mol. The van der Waals surface area contributed by atoms with Gasteiger partial charge in [0.15, 0.2) is 0 Å². The summed E-state index contributed by atoms with van der Waals surface area (Å²) in [4.78, 5) is 0. The standard InChI is InChI=1S/C8H16O2/c1-7(6-9)8-2-4-10-5-3-8/h7-9H,2-6H2,1H3/t7-/m0/s1. The minimum absolute atomic E-state index is 0.324. The van der Waals surface area contributed by atoms with Crippen molar-refractivity contribution in [3.8, 4) is 0 Å². The van der Waals surface area contributed by atoms with Gasteiger partial charge in [0.25, 0.3) is 0 Å². The van der Waals surface area contributed by atoms with Gasteiger partial charge in [-0.2, -0.15) is 0 Å². The third kappa shape index (κ3) is 1.96. The lowest BCUT2D eigenvalue weighted by atomic mass is 9.88. The average Bonchev–Trinajstić information content (AvgIpc) is 2.05. The van der Waals surface area contributed by atoms with Crippen LogP contribution in [0.25, 0.3) is 0 Å². The predicted octanol–water partition coefficient (Wildman–Crippen LogP) is 1.04. The first-order valence-electron chi connectivity index (χ1n) is 4.03. The van der Waals surface area contributed by atoms with Crippen LogP contribution >= 0.6 is 0 Å². The van der Waals surface area contributed by atoms with Gasteiger partial charge in [0.1, 0.15) is 0 Å². The Balaban J connectivity index is 2.24. The normalized spacial score (nSPS) is 24.6. The summed E-state index contributed by atoms with van der Waals surface area (Å²) in [5, 5.41) is 8.85. The van der Waals surface area contributed by atoms with Crippen LogP contribution in [0.2, 0.25) is 0 Å². The van der Waals surface area contributed by atoms with Crippen LogP contribution in [0.15, 0.2) is 0 Å². The number of rotatable bonds is 2. The molecule has 0 amide bonds. The second kappa shape index (κ2) is 3.94. The van der Waals surface area contributed by atoms with Crippen LogP contribution in [0.5, 0.6) is 0 Å². The molecule has 60 valence electrons. The van der Waals surface area contributed by atoms with E-state index in [0.717, 1.165) is 26.1 Å². The summed E-state index contributed by atoms with van der Waals surface area (Å²) in [6.45, 7) is 4.20. The molecule has 1 heterocycles. The van der Waals surface area contributed by atoms with Gasteiger partial charge in [0, 0.05) is 19.8 Å². The largest absolute Gasteiger partial charge is 0.396 e. The maximum atomic E-state index is 8.85. The first kappa shape index (κ1) is 8.02. The molecule has 0 aromatic carbocycles. The topological polar surface area (TPSA) is 29.5 Å². The Kier molecular flexibility index (Phi) is 3.16. The number of hydrogen-bond donors (Lipinski definition) is 1. The molecule has 1 rings (SSSR count). The fourth-order valence-corrected chi connectivity index (χ4v) is 1.43. The third-order valence-corrected chi connectivity index (χ3v) is 2.36. The minimum atomic E-state index is 0.324. The molecule has 0 unspecified atom stereocenters. The van der Waals surface area contributed by atoms with Crippen LogP contribution in [0.3, 0.4) is 0 Å². The fourth-order valence-electron chi connectivity index (χ4n) is 1.43. The first-order valence-corrected chi connectivity index (χ1v) is 4.03. The van der Waals surface area contributed by atoms with Crippen molar-refractivity contribution in [1.29, 1.82) is 0 Å². The summed E-state index contributed by atoms with van der Waals surface area (Å²) in [5.74, 6) is 1.16. The van der Waals surface area contributed by atoms with Crippen molar-refractivity contribution < 1.29 is 9.84 Å². The maximum absolute atomic E-state index is 8.85. The van der Waals surface area contributed by atoms with E-state index in [2.05, 4.69) is 6.92 Å². The predicted molar refractivity (Wildman–Crippen MR) is 39.8 cm³/mol. The highest BCUT2D eigenvalue weighted by atomic mass is 16.5. The van der Waals surface area contributed by atoms with Crippen LogP contribution in [0.1, 0.15) is 19.8 Å². The van der Waals surface area contributed by atoms with Crippen LogP contribution < -0.4 is 0 Å². The molecule has 0 aliphatic carbocycles. The van der Waals surface area contributed by atoms with Crippen molar-refractivity contribution in [1.82, 2.24) is 0 Å². The number of aliphatic hydroxyl groups is 1.